The van der Waals surface area contributed by atoms with Crippen molar-refractivity contribution in [3.8, 4) is 0 Å². The third kappa shape index (κ3) is 2.04. The van der Waals surface area contributed by atoms with Crippen molar-refractivity contribution < 1.29 is 0 Å². The average molecular weight is 231 g/mol. The van der Waals surface area contributed by atoms with Crippen molar-refractivity contribution in [2.24, 2.45) is 5.73 Å². The van der Waals surface area contributed by atoms with Crippen molar-refractivity contribution >= 4 is 5.82 Å². The van der Waals surface area contributed by atoms with Gasteiger partial charge in [-0.1, -0.05) is 6.07 Å². The zero-order valence-corrected chi connectivity index (χ0v) is 10.5. The van der Waals surface area contributed by atoms with Gasteiger partial charge in [-0.25, -0.2) is 4.98 Å². The Kier molecular flexibility index (Phi) is 2.79. The maximum Gasteiger partial charge on any atom is 0.129 e. The summed E-state index contributed by atoms with van der Waals surface area (Å²) in [4.78, 5) is 7.26. The molecule has 2 heterocycles. The van der Waals surface area contributed by atoms with Crippen LogP contribution in [0.3, 0.4) is 0 Å². The number of anilines is 1. The van der Waals surface area contributed by atoms with Crippen molar-refractivity contribution in [2.75, 3.05) is 11.4 Å². The van der Waals surface area contributed by atoms with Crippen LogP contribution in [-0.4, -0.2) is 23.6 Å². The van der Waals surface area contributed by atoms with Gasteiger partial charge in [0.2, 0.25) is 0 Å². The number of rotatable bonds is 1. The van der Waals surface area contributed by atoms with Crippen molar-refractivity contribution in [1.82, 2.24) is 4.98 Å². The summed E-state index contributed by atoms with van der Waals surface area (Å²) in [7, 11) is 0. The first-order chi connectivity index (χ1) is 8.24. The first-order valence-corrected chi connectivity index (χ1v) is 6.75. The Balaban J connectivity index is 1.84. The lowest BCUT2D eigenvalue weighted by Gasteiger charge is -2.37. The molecule has 92 valence electrons. The number of piperidine rings is 1. The van der Waals surface area contributed by atoms with Crippen LogP contribution in [0.1, 0.15) is 37.4 Å². The van der Waals surface area contributed by atoms with Gasteiger partial charge in [0.05, 0.1) is 0 Å². The maximum absolute atomic E-state index is 6.01. The molecule has 0 bridgehead atoms. The molecule has 1 aromatic heterocycles. The van der Waals surface area contributed by atoms with E-state index >= 15 is 0 Å². The number of fused-ring (bicyclic) bond motifs is 1. The Labute approximate surface area is 103 Å². The lowest BCUT2D eigenvalue weighted by molar-refractivity contribution is 0.427. The fraction of sp³-hybridized carbons (Fsp3) is 0.643. The molecule has 1 aromatic rings. The summed E-state index contributed by atoms with van der Waals surface area (Å²) in [6, 6.07) is 5.35. The molecule has 2 atom stereocenters. The Morgan fingerprint density at radius 1 is 1.35 bits per heavy atom. The summed E-state index contributed by atoms with van der Waals surface area (Å²) in [5.41, 5.74) is 8.79. The summed E-state index contributed by atoms with van der Waals surface area (Å²) in [6.07, 6.45) is 5.81. The van der Waals surface area contributed by atoms with Crippen LogP contribution < -0.4 is 10.6 Å². The van der Waals surface area contributed by atoms with Crippen LogP contribution in [0.25, 0.3) is 0 Å². The molecule has 1 saturated heterocycles. The smallest absolute Gasteiger partial charge is 0.129 e. The molecule has 1 aliphatic heterocycles. The monoisotopic (exact) mass is 231 g/mol. The van der Waals surface area contributed by atoms with Crippen LogP contribution in [0.5, 0.6) is 0 Å². The highest BCUT2D eigenvalue weighted by molar-refractivity contribution is 5.44. The van der Waals surface area contributed by atoms with Crippen LogP contribution in [0, 0.1) is 0 Å². The minimum absolute atomic E-state index is 0.371. The van der Waals surface area contributed by atoms with Crippen molar-refractivity contribution in [3.05, 3.63) is 23.4 Å². The van der Waals surface area contributed by atoms with E-state index in [0.29, 0.717) is 12.1 Å². The summed E-state index contributed by atoms with van der Waals surface area (Å²) in [5, 5.41) is 0. The van der Waals surface area contributed by atoms with E-state index in [1.165, 1.54) is 24.1 Å². The lowest BCUT2D eigenvalue weighted by atomic mass is 9.99. The molecule has 2 aliphatic rings. The van der Waals surface area contributed by atoms with Crippen LogP contribution in [-0.2, 0) is 12.8 Å². The number of hydrogen-bond acceptors (Lipinski definition) is 3. The molecule has 1 fully saturated rings. The number of aryl methyl sites for hydroxylation is 2. The quantitative estimate of drug-likeness (QED) is 0.802. The molecular formula is C14H21N3. The fourth-order valence-electron chi connectivity index (χ4n) is 3.12. The number of aromatic nitrogens is 1. The molecule has 3 heteroatoms. The number of nitrogens with zero attached hydrogens (tertiary/aromatic N) is 2. The average Bonchev–Trinajstić information content (AvgIpc) is 2.75. The van der Waals surface area contributed by atoms with Crippen LogP contribution in [0.4, 0.5) is 5.82 Å². The third-order valence-corrected chi connectivity index (χ3v) is 4.12. The number of pyridine rings is 1. The first kappa shape index (κ1) is 11.0. The van der Waals surface area contributed by atoms with Crippen molar-refractivity contribution in [1.29, 1.82) is 0 Å². The fourth-order valence-corrected chi connectivity index (χ4v) is 3.12. The Hall–Kier alpha value is -1.09. The predicted molar refractivity (Wildman–Crippen MR) is 70.3 cm³/mol. The molecular weight excluding hydrogens is 210 g/mol. The molecule has 0 saturated carbocycles. The van der Waals surface area contributed by atoms with E-state index in [4.69, 9.17) is 10.7 Å². The van der Waals surface area contributed by atoms with Crippen molar-refractivity contribution in [3.63, 3.8) is 0 Å². The van der Waals surface area contributed by atoms with Gasteiger partial charge in [0.15, 0.2) is 0 Å². The normalized spacial score (nSPS) is 28.2. The Morgan fingerprint density at radius 3 is 3.06 bits per heavy atom. The number of hydrogen-bond donors (Lipinski definition) is 1. The van der Waals surface area contributed by atoms with Gasteiger partial charge >= 0.3 is 0 Å². The highest BCUT2D eigenvalue weighted by atomic mass is 15.2. The van der Waals surface area contributed by atoms with Crippen LogP contribution >= 0.6 is 0 Å². The molecule has 2 unspecified atom stereocenters. The molecule has 3 nitrogen and oxygen atoms in total. The highest BCUT2D eigenvalue weighted by Crippen LogP contribution is 2.27. The second-order valence-electron chi connectivity index (χ2n) is 5.46. The van der Waals surface area contributed by atoms with Gasteiger partial charge in [0.1, 0.15) is 5.82 Å². The predicted octanol–water partition coefficient (Wildman–Crippen LogP) is 1.89. The molecule has 2 N–H and O–H groups in total. The van der Waals surface area contributed by atoms with Crippen LogP contribution in [0.2, 0.25) is 0 Å². The van der Waals surface area contributed by atoms with Gasteiger partial charge in [-0.3, -0.25) is 0 Å². The molecule has 3 rings (SSSR count). The minimum Gasteiger partial charge on any atom is -0.354 e. The maximum atomic E-state index is 6.01. The largest absolute Gasteiger partial charge is 0.354 e. The molecule has 0 amide bonds. The topological polar surface area (TPSA) is 42.1 Å². The second-order valence-corrected chi connectivity index (χ2v) is 5.46. The van der Waals surface area contributed by atoms with E-state index < -0.39 is 0 Å². The number of nitrogens with two attached hydrogens (primary N) is 1. The summed E-state index contributed by atoms with van der Waals surface area (Å²) in [6.45, 7) is 3.31. The van der Waals surface area contributed by atoms with E-state index in [-0.39, 0.29) is 0 Å². The summed E-state index contributed by atoms with van der Waals surface area (Å²) < 4.78 is 0. The van der Waals surface area contributed by atoms with Gasteiger partial charge in [-0.2, -0.15) is 0 Å². The molecule has 0 radical (unpaired) electrons. The Bertz CT molecular complexity index is 416. The summed E-state index contributed by atoms with van der Waals surface area (Å²) >= 11 is 0. The van der Waals surface area contributed by atoms with E-state index in [0.717, 1.165) is 31.6 Å². The minimum atomic E-state index is 0.371. The Morgan fingerprint density at radius 2 is 2.24 bits per heavy atom. The van der Waals surface area contributed by atoms with Gasteiger partial charge in [-0.15, -0.1) is 0 Å². The SMILES string of the molecule is CC1CC(N)CCN1c1ccc2c(n1)CCC2. The van der Waals surface area contributed by atoms with E-state index in [2.05, 4.69) is 24.0 Å². The first-order valence-electron chi connectivity index (χ1n) is 6.75. The second kappa shape index (κ2) is 4.30. The zero-order valence-electron chi connectivity index (χ0n) is 10.5. The lowest BCUT2D eigenvalue weighted by Crippen LogP contribution is -2.46. The van der Waals surface area contributed by atoms with E-state index in [9.17, 15) is 0 Å². The van der Waals surface area contributed by atoms with Gasteiger partial charge < -0.3 is 10.6 Å². The van der Waals surface area contributed by atoms with Gasteiger partial charge in [0, 0.05) is 24.3 Å². The highest BCUT2D eigenvalue weighted by Gasteiger charge is 2.25. The van der Waals surface area contributed by atoms with Gasteiger partial charge in [0.25, 0.3) is 0 Å². The zero-order chi connectivity index (χ0) is 11.8. The van der Waals surface area contributed by atoms with E-state index in [1.807, 2.05) is 0 Å². The molecule has 0 aromatic carbocycles. The molecule has 0 spiro atoms. The van der Waals surface area contributed by atoms with Gasteiger partial charge in [-0.05, 0) is 50.7 Å². The molecule has 17 heavy (non-hydrogen) atoms. The third-order valence-electron chi connectivity index (χ3n) is 4.12. The van der Waals surface area contributed by atoms with E-state index in [1.54, 1.807) is 0 Å². The standard InChI is InChI=1S/C14H21N3/c1-10-9-12(15)7-8-17(10)14-6-5-11-3-2-4-13(11)16-14/h5-6,10,12H,2-4,7-9,15H2,1H3. The molecule has 1 aliphatic carbocycles. The summed E-state index contributed by atoms with van der Waals surface area (Å²) in [5.74, 6) is 1.16. The van der Waals surface area contributed by atoms with Crippen molar-refractivity contribution in [2.45, 2.75) is 51.1 Å². The van der Waals surface area contributed by atoms with Crippen LogP contribution in [0.15, 0.2) is 12.1 Å².